The molecular weight excluding hydrogens is 444 g/mol. The molecule has 0 saturated heterocycles. The lowest BCUT2D eigenvalue weighted by Gasteiger charge is -2.48. The van der Waals surface area contributed by atoms with Crippen molar-refractivity contribution in [3.8, 4) is 0 Å². The molecule has 0 heterocycles. The van der Waals surface area contributed by atoms with Gasteiger partial charge in [0.25, 0.3) is 0 Å². The van der Waals surface area contributed by atoms with Gasteiger partial charge in [-0.25, -0.2) is 4.79 Å². The molecule has 0 unspecified atom stereocenters. The molecule has 0 radical (unpaired) electrons. The van der Waals surface area contributed by atoms with Crippen LogP contribution in [0.3, 0.4) is 0 Å². The Labute approximate surface area is 208 Å². The molecule has 6 nitrogen and oxygen atoms in total. The Morgan fingerprint density at radius 3 is 2.60 bits per heavy atom. The zero-order chi connectivity index (χ0) is 25.9. The number of hydrogen-bond donors (Lipinski definition) is 2. The highest BCUT2D eigenvalue weighted by atomic mass is 16.6. The molecule has 2 fully saturated rings. The lowest BCUT2D eigenvalue weighted by Crippen LogP contribution is -2.65. The van der Waals surface area contributed by atoms with Gasteiger partial charge in [0.1, 0.15) is 6.10 Å². The molecule has 4 aliphatic carbocycles. The van der Waals surface area contributed by atoms with Crippen LogP contribution in [0.25, 0.3) is 0 Å². The summed E-state index contributed by atoms with van der Waals surface area (Å²) in [6.07, 6.45) is 7.22. The van der Waals surface area contributed by atoms with Crippen molar-refractivity contribution in [1.82, 2.24) is 0 Å². The van der Waals surface area contributed by atoms with Crippen molar-refractivity contribution < 1.29 is 29.3 Å². The molecule has 0 aromatic heterocycles. The summed E-state index contributed by atoms with van der Waals surface area (Å²) in [5, 5.41) is 24.4. The highest BCUT2D eigenvalue weighted by Gasteiger charge is 2.76. The van der Waals surface area contributed by atoms with E-state index in [1.807, 2.05) is 32.1 Å². The SMILES string of the molecule is C/C=C\COCC1=C[C@@H]2C(=O)[C@]3(C=C(C)[C@H](OC(=O)/C(C)=C\C)[C@@]3(O)[C@@H]1O)[C@H](C)C[C@@H]1[C@H]2C1(C)C. The summed E-state index contributed by atoms with van der Waals surface area (Å²) in [6, 6.07) is 0. The van der Waals surface area contributed by atoms with E-state index in [-0.39, 0.29) is 29.6 Å². The van der Waals surface area contributed by atoms with Gasteiger partial charge in [-0.2, -0.15) is 0 Å². The van der Waals surface area contributed by atoms with Gasteiger partial charge >= 0.3 is 5.97 Å². The normalized spacial score (nSPS) is 42.0. The number of aliphatic hydroxyl groups excluding tert-OH is 1. The molecule has 192 valence electrons. The van der Waals surface area contributed by atoms with Crippen molar-refractivity contribution in [2.24, 2.45) is 34.5 Å². The van der Waals surface area contributed by atoms with E-state index >= 15 is 0 Å². The van der Waals surface area contributed by atoms with Crippen LogP contribution in [0.15, 0.2) is 47.1 Å². The van der Waals surface area contributed by atoms with Crippen LogP contribution >= 0.6 is 0 Å². The van der Waals surface area contributed by atoms with E-state index in [0.29, 0.717) is 29.2 Å². The summed E-state index contributed by atoms with van der Waals surface area (Å²) in [4.78, 5) is 27.3. The molecule has 1 spiro atoms. The van der Waals surface area contributed by atoms with Crippen molar-refractivity contribution in [2.45, 2.75) is 72.7 Å². The topological polar surface area (TPSA) is 93.1 Å². The fourth-order valence-electron chi connectivity index (χ4n) is 7.24. The zero-order valence-electron chi connectivity index (χ0n) is 22.0. The second-order valence-corrected chi connectivity index (χ2v) is 11.5. The van der Waals surface area contributed by atoms with Gasteiger partial charge in [0, 0.05) is 11.5 Å². The fourth-order valence-corrected chi connectivity index (χ4v) is 7.24. The largest absolute Gasteiger partial charge is 0.451 e. The third kappa shape index (κ3) is 3.55. The number of carbonyl (C=O) groups excluding carboxylic acids is 2. The summed E-state index contributed by atoms with van der Waals surface area (Å²) >= 11 is 0. The average molecular weight is 485 g/mol. The Bertz CT molecular complexity index is 1030. The molecule has 4 rings (SSSR count). The van der Waals surface area contributed by atoms with Crippen LogP contribution in [0, 0.1) is 34.5 Å². The van der Waals surface area contributed by atoms with Crippen LogP contribution < -0.4 is 0 Å². The number of esters is 1. The van der Waals surface area contributed by atoms with Gasteiger partial charge in [-0.3, -0.25) is 4.79 Å². The third-order valence-electron chi connectivity index (χ3n) is 9.41. The molecule has 35 heavy (non-hydrogen) atoms. The maximum atomic E-state index is 14.5. The molecule has 0 aromatic carbocycles. The molecule has 2 N–H and O–H groups in total. The molecule has 0 aromatic rings. The van der Waals surface area contributed by atoms with Crippen molar-refractivity contribution in [3.05, 3.63) is 47.1 Å². The van der Waals surface area contributed by atoms with Crippen LogP contribution in [0.5, 0.6) is 0 Å². The Hall–Kier alpha value is -2.02. The molecule has 2 saturated carbocycles. The van der Waals surface area contributed by atoms with Crippen molar-refractivity contribution >= 4 is 11.8 Å². The number of aliphatic hydroxyl groups is 2. The quantitative estimate of drug-likeness (QED) is 0.257. The first-order chi connectivity index (χ1) is 16.4. The van der Waals surface area contributed by atoms with E-state index in [0.717, 1.165) is 6.42 Å². The third-order valence-corrected chi connectivity index (χ3v) is 9.41. The smallest absolute Gasteiger partial charge is 0.334 e. The summed E-state index contributed by atoms with van der Waals surface area (Å²) in [7, 11) is 0. The minimum absolute atomic E-state index is 0.00326. The number of hydrogen-bond acceptors (Lipinski definition) is 6. The van der Waals surface area contributed by atoms with Crippen molar-refractivity contribution in [3.63, 3.8) is 0 Å². The molecular formula is C29H40O6. The first kappa shape index (κ1) is 26.1. The van der Waals surface area contributed by atoms with Gasteiger partial charge < -0.3 is 19.7 Å². The summed E-state index contributed by atoms with van der Waals surface area (Å²) in [5.41, 5.74) is -1.92. The number of Topliss-reactive ketones (excluding diaryl/α,β-unsaturated/α-hetero) is 1. The van der Waals surface area contributed by atoms with Gasteiger partial charge in [-0.05, 0) is 68.4 Å². The summed E-state index contributed by atoms with van der Waals surface area (Å²) < 4.78 is 11.7. The van der Waals surface area contributed by atoms with E-state index in [1.54, 1.807) is 32.9 Å². The van der Waals surface area contributed by atoms with Crippen molar-refractivity contribution in [2.75, 3.05) is 13.2 Å². The van der Waals surface area contributed by atoms with E-state index in [2.05, 4.69) is 13.8 Å². The molecule has 4 aliphatic rings. The molecule has 6 heteroatoms. The summed E-state index contributed by atoms with van der Waals surface area (Å²) in [5.74, 6) is -0.873. The van der Waals surface area contributed by atoms with Gasteiger partial charge in [-0.15, -0.1) is 0 Å². The van der Waals surface area contributed by atoms with Gasteiger partial charge in [0.15, 0.2) is 17.5 Å². The maximum absolute atomic E-state index is 14.5. The second kappa shape index (κ2) is 8.82. The van der Waals surface area contributed by atoms with Gasteiger partial charge in [0.05, 0.1) is 18.6 Å². The minimum Gasteiger partial charge on any atom is -0.451 e. The van der Waals surface area contributed by atoms with Gasteiger partial charge in [0.2, 0.25) is 0 Å². The standard InChI is InChI=1S/C29H40O6/c1-8-10-11-34-15-19-13-20-22-21(27(22,6)7)12-18(5)28(24(20)31)14-17(4)25(29(28,33)23(19)30)35-26(32)16(3)9-2/h8-10,13-14,18,20-23,25,30,33H,11-12,15H2,1-7H3/b10-8-,16-9-/t18-,20+,21-,22+,23-,25+,28+,29+/m1/s1. The van der Waals surface area contributed by atoms with Crippen LogP contribution in [0.4, 0.5) is 0 Å². The number of carbonyl (C=O) groups is 2. The molecule has 0 aliphatic heterocycles. The van der Waals surface area contributed by atoms with E-state index < -0.39 is 35.1 Å². The maximum Gasteiger partial charge on any atom is 0.334 e. The van der Waals surface area contributed by atoms with Crippen LogP contribution in [-0.2, 0) is 19.1 Å². The number of fused-ring (bicyclic) bond motifs is 3. The Kier molecular flexibility index (Phi) is 6.57. The molecule has 8 atom stereocenters. The van der Waals surface area contributed by atoms with Crippen LogP contribution in [-0.4, -0.2) is 53.0 Å². The highest BCUT2D eigenvalue weighted by molar-refractivity contribution is 5.96. The first-order valence-corrected chi connectivity index (χ1v) is 12.8. The Balaban J connectivity index is 1.86. The predicted molar refractivity (Wildman–Crippen MR) is 133 cm³/mol. The van der Waals surface area contributed by atoms with Crippen molar-refractivity contribution in [1.29, 1.82) is 0 Å². The van der Waals surface area contributed by atoms with E-state index in [1.165, 1.54) is 0 Å². The highest BCUT2D eigenvalue weighted by Crippen LogP contribution is 2.71. The zero-order valence-corrected chi connectivity index (χ0v) is 22.0. The van der Waals surface area contributed by atoms with Gasteiger partial charge in [-0.1, -0.05) is 51.2 Å². The predicted octanol–water partition coefficient (Wildman–Crippen LogP) is 3.93. The Morgan fingerprint density at radius 2 is 1.97 bits per heavy atom. The lowest BCUT2D eigenvalue weighted by molar-refractivity contribution is -0.201. The van der Waals surface area contributed by atoms with E-state index in [4.69, 9.17) is 9.47 Å². The minimum atomic E-state index is -2.03. The Morgan fingerprint density at radius 1 is 1.29 bits per heavy atom. The van der Waals surface area contributed by atoms with Crippen LogP contribution in [0.2, 0.25) is 0 Å². The monoisotopic (exact) mass is 484 g/mol. The number of ether oxygens (including phenoxy) is 2. The second-order valence-electron chi connectivity index (χ2n) is 11.5. The number of rotatable bonds is 6. The van der Waals surface area contributed by atoms with E-state index in [9.17, 15) is 19.8 Å². The fraction of sp³-hybridized carbons (Fsp3) is 0.655. The molecule has 0 amide bonds. The lowest BCUT2D eigenvalue weighted by atomic mass is 9.59. The van der Waals surface area contributed by atoms with Crippen LogP contribution in [0.1, 0.15) is 54.9 Å². The first-order valence-electron chi connectivity index (χ1n) is 12.8. The number of ketones is 1. The summed E-state index contributed by atoms with van der Waals surface area (Å²) in [6.45, 7) is 13.9. The number of allylic oxidation sites excluding steroid dienone is 3. The average Bonchev–Trinajstić information content (AvgIpc) is 3.30. The molecule has 2 bridgehead atoms.